The fourth-order valence-corrected chi connectivity index (χ4v) is 3.28. The van der Waals surface area contributed by atoms with E-state index in [0.717, 1.165) is 17.2 Å². The monoisotopic (exact) mass is 338 g/mol. The summed E-state index contributed by atoms with van der Waals surface area (Å²) in [5, 5.41) is 19.7. The zero-order valence-corrected chi connectivity index (χ0v) is 13.5. The second-order valence-corrected chi connectivity index (χ2v) is 6.41. The molecule has 0 unspecified atom stereocenters. The summed E-state index contributed by atoms with van der Waals surface area (Å²) in [6.07, 6.45) is 0. The van der Waals surface area contributed by atoms with E-state index in [9.17, 15) is 14.7 Å². The smallest absolute Gasteiger partial charge is 0.371 e. The predicted molar refractivity (Wildman–Crippen MR) is 90.2 cm³/mol. The Bertz CT molecular complexity index is 1110. The number of carbonyl (C=O) groups is 1. The van der Waals surface area contributed by atoms with Crippen molar-refractivity contribution in [3.63, 3.8) is 0 Å². The average molecular weight is 338 g/mol. The van der Waals surface area contributed by atoms with Gasteiger partial charge in [0.2, 0.25) is 5.76 Å². The molecule has 1 aromatic heterocycles. The Morgan fingerprint density at radius 1 is 1.16 bits per heavy atom. The zero-order valence-electron chi connectivity index (χ0n) is 13.5. The summed E-state index contributed by atoms with van der Waals surface area (Å²) in [4.78, 5) is 23.4. The number of carboxylic acids is 1. The number of phenolic OH excluding ortho intramolecular Hbond substituents is 1. The number of aromatic carboxylic acids is 1. The lowest BCUT2D eigenvalue weighted by atomic mass is 9.85. The van der Waals surface area contributed by atoms with Crippen molar-refractivity contribution in [2.24, 2.45) is 0 Å². The summed E-state index contributed by atoms with van der Waals surface area (Å²) < 4.78 is 11.3. The van der Waals surface area contributed by atoms with Gasteiger partial charge in [0.15, 0.2) is 5.43 Å². The standard InChI is InChI=1S/C19H14O6/c1-19(2)10-6-4-3-5-9(10)15-13(25-19)8-12-16(17(15)21)11(20)7-14(24-12)18(22)23/h3-8,21H,1-2H3,(H,22,23). The van der Waals surface area contributed by atoms with E-state index in [-0.39, 0.29) is 16.7 Å². The topological polar surface area (TPSA) is 97.0 Å². The minimum Gasteiger partial charge on any atom is -0.506 e. The van der Waals surface area contributed by atoms with Gasteiger partial charge >= 0.3 is 5.97 Å². The lowest BCUT2D eigenvalue weighted by Crippen LogP contribution is -2.29. The molecule has 0 fully saturated rings. The second kappa shape index (κ2) is 4.86. The van der Waals surface area contributed by atoms with Crippen LogP contribution in [0.3, 0.4) is 0 Å². The van der Waals surface area contributed by atoms with Crippen LogP contribution in [0.4, 0.5) is 0 Å². The third-order valence-corrected chi connectivity index (χ3v) is 4.38. The molecule has 3 aromatic rings. The molecular weight excluding hydrogens is 324 g/mol. The number of fused-ring (bicyclic) bond motifs is 4. The van der Waals surface area contributed by atoms with Gasteiger partial charge in [-0.05, 0) is 19.4 Å². The molecule has 4 rings (SSSR count). The maximum Gasteiger partial charge on any atom is 0.371 e. The molecule has 1 aliphatic heterocycles. The Hall–Kier alpha value is -3.28. The van der Waals surface area contributed by atoms with Crippen molar-refractivity contribution in [2.45, 2.75) is 19.4 Å². The lowest BCUT2D eigenvalue weighted by molar-refractivity contribution is 0.0662. The van der Waals surface area contributed by atoms with Gasteiger partial charge in [-0.15, -0.1) is 0 Å². The van der Waals surface area contributed by atoms with E-state index in [1.165, 1.54) is 6.07 Å². The highest BCUT2D eigenvalue weighted by Gasteiger charge is 2.35. The van der Waals surface area contributed by atoms with Gasteiger partial charge in [0.1, 0.15) is 28.1 Å². The molecule has 2 aromatic carbocycles. The van der Waals surface area contributed by atoms with Crippen molar-refractivity contribution in [3.05, 3.63) is 57.9 Å². The molecule has 2 N–H and O–H groups in total. The van der Waals surface area contributed by atoms with E-state index >= 15 is 0 Å². The van der Waals surface area contributed by atoms with E-state index in [1.54, 1.807) is 0 Å². The quantitative estimate of drug-likeness (QED) is 0.705. The fraction of sp³-hybridized carbons (Fsp3) is 0.158. The number of benzene rings is 2. The molecule has 0 saturated heterocycles. The zero-order chi connectivity index (χ0) is 17.9. The van der Waals surface area contributed by atoms with Crippen molar-refractivity contribution in [2.75, 3.05) is 0 Å². The molecular formula is C19H14O6. The van der Waals surface area contributed by atoms with E-state index in [1.807, 2.05) is 38.1 Å². The molecule has 2 heterocycles. The number of hydrogen-bond acceptors (Lipinski definition) is 5. The first kappa shape index (κ1) is 15.3. The summed E-state index contributed by atoms with van der Waals surface area (Å²) >= 11 is 0. The highest BCUT2D eigenvalue weighted by molar-refractivity contribution is 5.97. The number of rotatable bonds is 1. The number of aromatic hydroxyl groups is 1. The highest BCUT2D eigenvalue weighted by Crippen LogP contribution is 2.50. The Morgan fingerprint density at radius 2 is 1.88 bits per heavy atom. The molecule has 25 heavy (non-hydrogen) atoms. The highest BCUT2D eigenvalue weighted by atomic mass is 16.5. The van der Waals surface area contributed by atoms with Crippen LogP contribution in [0.1, 0.15) is 30.0 Å². The summed E-state index contributed by atoms with van der Waals surface area (Å²) in [6.45, 7) is 3.78. The minimum absolute atomic E-state index is 0.0312. The Kier molecular flexibility index (Phi) is 2.97. The van der Waals surface area contributed by atoms with Crippen LogP contribution in [-0.2, 0) is 5.60 Å². The third kappa shape index (κ3) is 2.11. The SMILES string of the molecule is CC1(C)Oc2cc3oc(C(=O)O)cc(=O)c3c(O)c2-c2ccccc21. The van der Waals surface area contributed by atoms with Crippen LogP contribution in [0.5, 0.6) is 11.5 Å². The molecule has 0 atom stereocenters. The van der Waals surface area contributed by atoms with Crippen LogP contribution in [0.2, 0.25) is 0 Å². The average Bonchev–Trinajstić information content (AvgIpc) is 2.53. The van der Waals surface area contributed by atoms with Crippen LogP contribution < -0.4 is 10.2 Å². The maximum absolute atomic E-state index is 12.3. The van der Waals surface area contributed by atoms with Gasteiger partial charge in [-0.3, -0.25) is 4.79 Å². The van der Waals surface area contributed by atoms with Crippen LogP contribution in [0.25, 0.3) is 22.1 Å². The normalized spacial score (nSPS) is 14.5. The van der Waals surface area contributed by atoms with Gasteiger partial charge < -0.3 is 19.4 Å². The van der Waals surface area contributed by atoms with Gasteiger partial charge in [0, 0.05) is 17.7 Å². The van der Waals surface area contributed by atoms with Crippen molar-refractivity contribution < 1.29 is 24.2 Å². The molecule has 1 aliphatic rings. The molecule has 0 spiro atoms. The van der Waals surface area contributed by atoms with Crippen LogP contribution >= 0.6 is 0 Å². The van der Waals surface area contributed by atoms with E-state index in [2.05, 4.69) is 0 Å². The maximum atomic E-state index is 12.3. The molecule has 0 amide bonds. The van der Waals surface area contributed by atoms with Gasteiger partial charge in [0.25, 0.3) is 0 Å². The molecule has 0 saturated carbocycles. The number of phenols is 1. The van der Waals surface area contributed by atoms with Crippen molar-refractivity contribution in [3.8, 4) is 22.6 Å². The molecule has 0 aliphatic carbocycles. The summed E-state index contributed by atoms with van der Waals surface area (Å²) in [7, 11) is 0. The minimum atomic E-state index is -1.36. The Labute approximate surface area is 141 Å². The van der Waals surface area contributed by atoms with Gasteiger partial charge in [-0.2, -0.15) is 0 Å². The lowest BCUT2D eigenvalue weighted by Gasteiger charge is -2.35. The van der Waals surface area contributed by atoms with E-state index in [0.29, 0.717) is 11.3 Å². The number of ether oxygens (including phenoxy) is 1. The number of hydrogen-bond donors (Lipinski definition) is 2. The third-order valence-electron chi connectivity index (χ3n) is 4.38. The van der Waals surface area contributed by atoms with Crippen LogP contribution in [0.15, 0.2) is 45.6 Å². The van der Waals surface area contributed by atoms with Crippen molar-refractivity contribution >= 4 is 16.9 Å². The van der Waals surface area contributed by atoms with Crippen molar-refractivity contribution in [1.82, 2.24) is 0 Å². The summed E-state index contributed by atoms with van der Waals surface area (Å²) in [5.74, 6) is -1.80. The first-order chi connectivity index (χ1) is 11.8. The molecule has 0 bridgehead atoms. The van der Waals surface area contributed by atoms with Gasteiger partial charge in [-0.1, -0.05) is 24.3 Å². The summed E-state index contributed by atoms with van der Waals surface area (Å²) in [5.41, 5.74) is 0.725. The van der Waals surface area contributed by atoms with Crippen LogP contribution in [-0.4, -0.2) is 16.2 Å². The largest absolute Gasteiger partial charge is 0.506 e. The first-order valence-electron chi connectivity index (χ1n) is 7.65. The second-order valence-electron chi connectivity index (χ2n) is 6.41. The van der Waals surface area contributed by atoms with Crippen LogP contribution in [0, 0.1) is 0 Å². The molecule has 126 valence electrons. The molecule has 6 heteroatoms. The Morgan fingerprint density at radius 3 is 2.60 bits per heavy atom. The van der Waals surface area contributed by atoms with Gasteiger partial charge in [0.05, 0.1) is 5.56 Å². The predicted octanol–water partition coefficient (Wildman–Crippen LogP) is 3.49. The van der Waals surface area contributed by atoms with E-state index < -0.39 is 22.8 Å². The van der Waals surface area contributed by atoms with E-state index in [4.69, 9.17) is 14.3 Å². The molecule has 0 radical (unpaired) electrons. The Balaban J connectivity index is 2.13. The summed E-state index contributed by atoms with van der Waals surface area (Å²) in [6, 6.07) is 9.77. The first-order valence-corrected chi connectivity index (χ1v) is 7.65. The van der Waals surface area contributed by atoms with Crippen molar-refractivity contribution in [1.29, 1.82) is 0 Å². The molecule has 6 nitrogen and oxygen atoms in total. The fourth-order valence-electron chi connectivity index (χ4n) is 3.28. The van der Waals surface area contributed by atoms with Gasteiger partial charge in [-0.25, -0.2) is 4.79 Å². The number of carboxylic acid groups (broad SMARTS) is 1.